The van der Waals surface area contributed by atoms with E-state index in [-0.39, 0.29) is 4.90 Å². The smallest absolute Gasteiger partial charge is 0.238 e. The molecular weight excluding hydrogens is 332 g/mol. The number of nitrogens with two attached hydrogens (primary N) is 1. The summed E-state index contributed by atoms with van der Waals surface area (Å²) in [6.45, 7) is 4.29. The maximum Gasteiger partial charge on any atom is 0.238 e. The summed E-state index contributed by atoms with van der Waals surface area (Å²) in [5.74, 6) is 0.780. The van der Waals surface area contributed by atoms with Crippen molar-refractivity contribution in [2.24, 2.45) is 5.14 Å². The van der Waals surface area contributed by atoms with Crippen molar-refractivity contribution >= 4 is 37.4 Å². The number of hydrogen-bond acceptors (Lipinski definition) is 6. The topological polar surface area (TPSA) is 98.0 Å². The number of aryl methyl sites for hydroxylation is 2. The van der Waals surface area contributed by atoms with Gasteiger partial charge in [-0.3, -0.25) is 0 Å². The Labute approximate surface area is 138 Å². The predicted octanol–water partition coefficient (Wildman–Crippen LogP) is 2.57. The van der Waals surface area contributed by atoms with Gasteiger partial charge in [0.1, 0.15) is 17.0 Å². The lowest BCUT2D eigenvalue weighted by Crippen LogP contribution is -2.14. The SMILES string of the molecule is Cc1cc(CNc2ncnc3scc(C)c23)ccc1S(N)(=O)=O. The molecule has 0 aliphatic heterocycles. The fourth-order valence-electron chi connectivity index (χ4n) is 2.48. The van der Waals surface area contributed by atoms with Gasteiger partial charge in [0.15, 0.2) is 0 Å². The molecule has 3 N–H and O–H groups in total. The Balaban J connectivity index is 1.86. The zero-order valence-electron chi connectivity index (χ0n) is 12.7. The number of sulfonamides is 1. The number of rotatable bonds is 4. The summed E-state index contributed by atoms with van der Waals surface area (Å²) in [6.07, 6.45) is 1.54. The molecule has 0 spiro atoms. The van der Waals surface area contributed by atoms with E-state index in [2.05, 4.69) is 20.7 Å². The Morgan fingerprint density at radius 2 is 2.00 bits per heavy atom. The number of benzene rings is 1. The summed E-state index contributed by atoms with van der Waals surface area (Å²) in [5.41, 5.74) is 2.72. The summed E-state index contributed by atoms with van der Waals surface area (Å²) < 4.78 is 22.9. The van der Waals surface area contributed by atoms with Gasteiger partial charge in [-0.05, 0) is 42.0 Å². The molecule has 0 aliphatic rings. The summed E-state index contributed by atoms with van der Waals surface area (Å²) >= 11 is 1.59. The Bertz CT molecular complexity index is 980. The third-order valence-corrected chi connectivity index (χ3v) is 5.64. The van der Waals surface area contributed by atoms with E-state index in [1.165, 1.54) is 12.4 Å². The molecule has 0 saturated carbocycles. The number of anilines is 1. The second-order valence-electron chi connectivity index (χ2n) is 5.32. The fraction of sp³-hybridized carbons (Fsp3) is 0.200. The molecule has 0 bridgehead atoms. The first-order valence-electron chi connectivity index (χ1n) is 6.91. The lowest BCUT2D eigenvalue weighted by atomic mass is 10.1. The summed E-state index contributed by atoms with van der Waals surface area (Å²) in [5, 5.41) is 11.5. The third kappa shape index (κ3) is 3.19. The quantitative estimate of drug-likeness (QED) is 0.755. The van der Waals surface area contributed by atoms with Crippen molar-refractivity contribution in [3.63, 3.8) is 0 Å². The molecule has 0 saturated heterocycles. The van der Waals surface area contributed by atoms with Gasteiger partial charge in [-0.2, -0.15) is 0 Å². The van der Waals surface area contributed by atoms with Gasteiger partial charge >= 0.3 is 0 Å². The normalized spacial score (nSPS) is 11.8. The highest BCUT2D eigenvalue weighted by molar-refractivity contribution is 7.89. The number of primary sulfonamides is 1. The molecule has 0 fully saturated rings. The van der Waals surface area contributed by atoms with Crippen molar-refractivity contribution in [3.05, 3.63) is 46.6 Å². The third-order valence-electron chi connectivity index (χ3n) is 3.56. The van der Waals surface area contributed by atoms with Crippen LogP contribution in [0.15, 0.2) is 34.8 Å². The van der Waals surface area contributed by atoms with Crippen molar-refractivity contribution in [1.29, 1.82) is 0 Å². The van der Waals surface area contributed by atoms with Crippen molar-refractivity contribution < 1.29 is 8.42 Å². The molecule has 2 aromatic heterocycles. The minimum atomic E-state index is -3.68. The Hall–Kier alpha value is -2.03. The van der Waals surface area contributed by atoms with Crippen molar-refractivity contribution in [2.45, 2.75) is 25.3 Å². The lowest BCUT2D eigenvalue weighted by Gasteiger charge is -2.10. The van der Waals surface area contributed by atoms with Crippen LogP contribution in [0.25, 0.3) is 10.2 Å². The minimum absolute atomic E-state index is 0.152. The first-order chi connectivity index (χ1) is 10.9. The molecule has 0 amide bonds. The van der Waals surface area contributed by atoms with E-state index >= 15 is 0 Å². The first kappa shape index (κ1) is 15.9. The maximum atomic E-state index is 11.4. The van der Waals surface area contributed by atoms with E-state index in [9.17, 15) is 8.42 Å². The van der Waals surface area contributed by atoms with E-state index in [0.29, 0.717) is 12.1 Å². The highest BCUT2D eigenvalue weighted by Crippen LogP contribution is 2.28. The van der Waals surface area contributed by atoms with Gasteiger partial charge in [0, 0.05) is 6.54 Å². The van der Waals surface area contributed by atoms with Crippen LogP contribution in [-0.4, -0.2) is 18.4 Å². The molecule has 23 heavy (non-hydrogen) atoms. The summed E-state index contributed by atoms with van der Waals surface area (Å²) in [4.78, 5) is 9.66. The van der Waals surface area contributed by atoms with Crippen LogP contribution in [-0.2, 0) is 16.6 Å². The van der Waals surface area contributed by atoms with Crippen LogP contribution in [0.5, 0.6) is 0 Å². The number of fused-ring (bicyclic) bond motifs is 1. The van der Waals surface area contributed by atoms with E-state index < -0.39 is 10.0 Å². The van der Waals surface area contributed by atoms with E-state index in [4.69, 9.17) is 5.14 Å². The lowest BCUT2D eigenvalue weighted by molar-refractivity contribution is 0.597. The average Bonchev–Trinajstić information content (AvgIpc) is 2.86. The largest absolute Gasteiger partial charge is 0.365 e. The first-order valence-corrected chi connectivity index (χ1v) is 9.34. The molecule has 3 aromatic rings. The van der Waals surface area contributed by atoms with Gasteiger partial charge < -0.3 is 5.32 Å². The Morgan fingerprint density at radius 3 is 2.70 bits per heavy atom. The number of aromatic nitrogens is 2. The highest BCUT2D eigenvalue weighted by atomic mass is 32.2. The van der Waals surface area contributed by atoms with Crippen LogP contribution in [0.1, 0.15) is 16.7 Å². The van der Waals surface area contributed by atoms with Crippen LogP contribution < -0.4 is 10.5 Å². The zero-order valence-corrected chi connectivity index (χ0v) is 14.3. The van der Waals surface area contributed by atoms with Crippen molar-refractivity contribution in [1.82, 2.24) is 9.97 Å². The monoisotopic (exact) mass is 348 g/mol. The molecule has 6 nitrogen and oxygen atoms in total. The average molecular weight is 348 g/mol. The van der Waals surface area contributed by atoms with Crippen LogP contribution >= 0.6 is 11.3 Å². The summed E-state index contributed by atoms with van der Waals surface area (Å²) in [7, 11) is -3.68. The van der Waals surface area contributed by atoms with Crippen LogP contribution in [0.2, 0.25) is 0 Å². The molecule has 120 valence electrons. The van der Waals surface area contributed by atoms with Crippen LogP contribution in [0, 0.1) is 13.8 Å². The molecular formula is C15H16N4O2S2. The van der Waals surface area contributed by atoms with Gasteiger partial charge in [-0.25, -0.2) is 23.5 Å². The van der Waals surface area contributed by atoms with Gasteiger partial charge in [-0.1, -0.05) is 12.1 Å². The number of nitrogens with one attached hydrogen (secondary N) is 1. The van der Waals surface area contributed by atoms with Gasteiger partial charge in [0.25, 0.3) is 0 Å². The Morgan fingerprint density at radius 1 is 1.22 bits per heavy atom. The molecule has 3 rings (SSSR count). The molecule has 0 radical (unpaired) electrons. The second-order valence-corrected chi connectivity index (χ2v) is 7.71. The number of thiophene rings is 1. The molecule has 2 heterocycles. The van der Waals surface area contributed by atoms with Gasteiger partial charge in [-0.15, -0.1) is 11.3 Å². The van der Waals surface area contributed by atoms with Gasteiger partial charge in [0.05, 0.1) is 10.3 Å². The maximum absolute atomic E-state index is 11.4. The number of nitrogens with zero attached hydrogens (tertiary/aromatic N) is 2. The molecule has 0 unspecified atom stereocenters. The molecule has 8 heteroatoms. The fourth-order valence-corrected chi connectivity index (χ4v) is 4.13. The van der Waals surface area contributed by atoms with Crippen LogP contribution in [0.4, 0.5) is 5.82 Å². The second kappa shape index (κ2) is 5.88. The zero-order chi connectivity index (χ0) is 16.6. The standard InChI is InChI=1S/C15H16N4O2S2/c1-9-5-11(3-4-12(9)23(16,20)21)6-17-14-13-10(2)7-22-15(13)19-8-18-14/h3-5,7-8H,6H2,1-2H3,(H2,16,20,21)(H,17,18,19). The van der Waals surface area contributed by atoms with Crippen LogP contribution in [0.3, 0.4) is 0 Å². The molecule has 0 atom stereocenters. The van der Waals surface area contributed by atoms with Crippen molar-refractivity contribution in [3.8, 4) is 0 Å². The number of hydrogen-bond donors (Lipinski definition) is 2. The highest BCUT2D eigenvalue weighted by Gasteiger charge is 2.12. The van der Waals surface area contributed by atoms with E-state index in [0.717, 1.165) is 27.2 Å². The summed E-state index contributed by atoms with van der Waals surface area (Å²) in [6, 6.07) is 5.09. The van der Waals surface area contributed by atoms with Gasteiger partial charge in [0.2, 0.25) is 10.0 Å². The molecule has 0 aliphatic carbocycles. The van der Waals surface area contributed by atoms with E-state index in [1.807, 2.05) is 13.0 Å². The van der Waals surface area contributed by atoms with Crippen molar-refractivity contribution in [2.75, 3.05) is 5.32 Å². The minimum Gasteiger partial charge on any atom is -0.365 e. The molecule has 1 aromatic carbocycles. The Kier molecular flexibility index (Phi) is 4.05. The van der Waals surface area contributed by atoms with E-state index in [1.54, 1.807) is 24.3 Å². The predicted molar refractivity (Wildman–Crippen MR) is 92.0 cm³/mol.